The number of aryl methyl sites for hydroxylation is 1. The average molecular weight is 259 g/mol. The van der Waals surface area contributed by atoms with Crippen LogP contribution in [0.15, 0.2) is 12.3 Å². The van der Waals surface area contributed by atoms with Crippen LogP contribution in [0.5, 0.6) is 0 Å². The molecule has 1 atom stereocenters. The third-order valence-electron chi connectivity index (χ3n) is 2.45. The maximum atomic E-state index is 11.8. The van der Waals surface area contributed by atoms with Crippen LogP contribution in [0.3, 0.4) is 0 Å². The second-order valence-corrected chi connectivity index (χ2v) is 5.08. The van der Waals surface area contributed by atoms with Crippen molar-refractivity contribution in [2.24, 2.45) is 13.0 Å². The number of carbonyl (C=O) groups is 1. The first-order valence-electron chi connectivity index (χ1n) is 5.68. The summed E-state index contributed by atoms with van der Waals surface area (Å²) in [5, 5.41) is 12.9. The minimum atomic E-state index is -0.505. The minimum Gasteiger partial charge on any atom is -0.391 e. The van der Waals surface area contributed by atoms with Crippen LogP contribution in [-0.4, -0.2) is 28.2 Å². The third-order valence-corrected chi connectivity index (χ3v) is 2.65. The monoisotopic (exact) mass is 258 g/mol. The Morgan fingerprint density at radius 3 is 2.71 bits per heavy atom. The molecule has 1 aromatic rings. The van der Waals surface area contributed by atoms with Crippen LogP contribution in [-0.2, 0) is 7.05 Å². The van der Waals surface area contributed by atoms with Crippen LogP contribution < -0.4 is 5.32 Å². The fourth-order valence-electron chi connectivity index (χ4n) is 1.68. The lowest BCUT2D eigenvalue weighted by molar-refractivity contribution is 0.0892. The average Bonchev–Trinajstić information content (AvgIpc) is 2.53. The Bertz CT molecular complexity index is 388. The topological polar surface area (TPSA) is 54.3 Å². The van der Waals surface area contributed by atoms with Gasteiger partial charge in [-0.05, 0) is 18.4 Å². The fourth-order valence-corrected chi connectivity index (χ4v) is 1.93. The van der Waals surface area contributed by atoms with Gasteiger partial charge in [-0.1, -0.05) is 25.4 Å². The van der Waals surface area contributed by atoms with Crippen molar-refractivity contribution in [3.05, 3.63) is 23.0 Å². The van der Waals surface area contributed by atoms with Gasteiger partial charge in [-0.2, -0.15) is 0 Å². The van der Waals surface area contributed by atoms with Crippen molar-refractivity contribution in [2.75, 3.05) is 6.54 Å². The highest BCUT2D eigenvalue weighted by atomic mass is 35.5. The van der Waals surface area contributed by atoms with Gasteiger partial charge in [-0.15, -0.1) is 0 Å². The highest BCUT2D eigenvalue weighted by Gasteiger charge is 2.13. The first-order chi connectivity index (χ1) is 7.90. The predicted molar refractivity (Wildman–Crippen MR) is 68.2 cm³/mol. The van der Waals surface area contributed by atoms with Gasteiger partial charge in [0, 0.05) is 19.8 Å². The van der Waals surface area contributed by atoms with E-state index in [1.807, 2.05) is 13.8 Å². The van der Waals surface area contributed by atoms with Crippen LogP contribution in [0.25, 0.3) is 0 Å². The summed E-state index contributed by atoms with van der Waals surface area (Å²) in [6, 6.07) is 1.60. The maximum Gasteiger partial charge on any atom is 0.268 e. The van der Waals surface area contributed by atoms with Gasteiger partial charge in [-0.25, -0.2) is 0 Å². The Balaban J connectivity index is 2.47. The van der Waals surface area contributed by atoms with E-state index in [2.05, 4.69) is 5.32 Å². The van der Waals surface area contributed by atoms with Gasteiger partial charge in [0.15, 0.2) is 0 Å². The molecule has 17 heavy (non-hydrogen) atoms. The lowest BCUT2D eigenvalue weighted by atomic mass is 10.1. The number of amides is 1. The molecule has 0 aliphatic heterocycles. The number of aliphatic hydroxyl groups excluding tert-OH is 1. The van der Waals surface area contributed by atoms with Crippen LogP contribution in [0.1, 0.15) is 30.8 Å². The largest absolute Gasteiger partial charge is 0.391 e. The van der Waals surface area contributed by atoms with E-state index < -0.39 is 6.10 Å². The molecule has 0 saturated carbocycles. The first-order valence-corrected chi connectivity index (χ1v) is 6.06. The van der Waals surface area contributed by atoms with E-state index in [0.29, 0.717) is 23.1 Å². The number of hydrogen-bond acceptors (Lipinski definition) is 2. The van der Waals surface area contributed by atoms with Gasteiger partial charge in [-0.3, -0.25) is 4.79 Å². The molecule has 2 N–H and O–H groups in total. The van der Waals surface area contributed by atoms with Crippen molar-refractivity contribution < 1.29 is 9.90 Å². The summed E-state index contributed by atoms with van der Waals surface area (Å²) in [6.07, 6.45) is 1.84. The van der Waals surface area contributed by atoms with E-state index in [1.54, 1.807) is 23.9 Å². The molecule has 1 rings (SSSR count). The summed E-state index contributed by atoms with van der Waals surface area (Å²) >= 11 is 5.79. The second-order valence-electron chi connectivity index (χ2n) is 4.65. The van der Waals surface area contributed by atoms with Crippen molar-refractivity contribution in [3.8, 4) is 0 Å². The number of aliphatic hydroxyl groups is 1. The highest BCUT2D eigenvalue weighted by Crippen LogP contribution is 2.12. The molecule has 0 aromatic carbocycles. The molecule has 0 aliphatic rings. The molecule has 1 amide bonds. The number of aromatic nitrogens is 1. The lowest BCUT2D eigenvalue weighted by Gasteiger charge is -2.13. The van der Waals surface area contributed by atoms with E-state index in [4.69, 9.17) is 11.6 Å². The van der Waals surface area contributed by atoms with E-state index in [0.717, 1.165) is 0 Å². The zero-order valence-electron chi connectivity index (χ0n) is 10.4. The quantitative estimate of drug-likeness (QED) is 0.846. The molecule has 0 spiro atoms. The van der Waals surface area contributed by atoms with E-state index in [-0.39, 0.29) is 12.5 Å². The normalized spacial score (nSPS) is 12.8. The number of rotatable bonds is 5. The van der Waals surface area contributed by atoms with E-state index in [1.165, 1.54) is 0 Å². The Morgan fingerprint density at radius 2 is 2.24 bits per heavy atom. The molecule has 0 radical (unpaired) electrons. The van der Waals surface area contributed by atoms with E-state index >= 15 is 0 Å². The molecule has 0 fully saturated rings. The molecule has 96 valence electrons. The summed E-state index contributed by atoms with van der Waals surface area (Å²) in [5.74, 6) is 0.189. The zero-order chi connectivity index (χ0) is 13.0. The van der Waals surface area contributed by atoms with Crippen LogP contribution >= 0.6 is 11.6 Å². The molecule has 1 unspecified atom stereocenters. The SMILES string of the molecule is CC(C)CC(O)CNC(=O)c1cc(Cl)cn1C. The van der Waals surface area contributed by atoms with Gasteiger partial charge in [0.1, 0.15) is 5.69 Å². The fraction of sp³-hybridized carbons (Fsp3) is 0.583. The van der Waals surface area contributed by atoms with Crippen LogP contribution in [0.2, 0.25) is 5.02 Å². The van der Waals surface area contributed by atoms with Gasteiger partial charge >= 0.3 is 0 Å². The Kier molecular flexibility index (Phi) is 5.02. The number of carbonyl (C=O) groups excluding carboxylic acids is 1. The van der Waals surface area contributed by atoms with E-state index in [9.17, 15) is 9.90 Å². The molecule has 0 bridgehead atoms. The zero-order valence-corrected chi connectivity index (χ0v) is 11.2. The van der Waals surface area contributed by atoms with Crippen molar-refractivity contribution in [3.63, 3.8) is 0 Å². The van der Waals surface area contributed by atoms with Crippen molar-refractivity contribution in [1.29, 1.82) is 0 Å². The smallest absolute Gasteiger partial charge is 0.268 e. The third kappa shape index (κ3) is 4.40. The summed E-state index contributed by atoms with van der Waals surface area (Å²) in [6.45, 7) is 4.32. The molecule has 4 nitrogen and oxygen atoms in total. The predicted octanol–water partition coefficient (Wildman–Crippen LogP) is 1.82. The van der Waals surface area contributed by atoms with Gasteiger partial charge < -0.3 is 15.0 Å². The summed E-state index contributed by atoms with van der Waals surface area (Å²) in [7, 11) is 1.76. The molecule has 5 heteroatoms. The van der Waals surface area contributed by atoms with Crippen molar-refractivity contribution in [1.82, 2.24) is 9.88 Å². The number of nitrogens with one attached hydrogen (secondary N) is 1. The number of nitrogens with zero attached hydrogens (tertiary/aromatic N) is 1. The molecular weight excluding hydrogens is 240 g/mol. The maximum absolute atomic E-state index is 11.8. The molecule has 0 aliphatic carbocycles. The summed E-state index contributed by atoms with van der Waals surface area (Å²) in [4.78, 5) is 11.8. The summed E-state index contributed by atoms with van der Waals surface area (Å²) < 4.78 is 1.66. The Labute approximate surface area is 107 Å². The van der Waals surface area contributed by atoms with Crippen LogP contribution in [0.4, 0.5) is 0 Å². The molecule has 1 heterocycles. The molecule has 0 saturated heterocycles. The molecule has 1 aromatic heterocycles. The lowest BCUT2D eigenvalue weighted by Crippen LogP contribution is -2.33. The Morgan fingerprint density at radius 1 is 1.59 bits per heavy atom. The number of hydrogen-bond donors (Lipinski definition) is 2. The van der Waals surface area contributed by atoms with Crippen molar-refractivity contribution in [2.45, 2.75) is 26.4 Å². The first kappa shape index (κ1) is 14.1. The number of halogens is 1. The summed E-state index contributed by atoms with van der Waals surface area (Å²) in [5.41, 5.74) is 0.492. The second kappa shape index (κ2) is 6.07. The van der Waals surface area contributed by atoms with Gasteiger partial charge in [0.05, 0.1) is 11.1 Å². The van der Waals surface area contributed by atoms with Gasteiger partial charge in [0.2, 0.25) is 0 Å². The van der Waals surface area contributed by atoms with Crippen LogP contribution in [0, 0.1) is 5.92 Å². The molecular formula is C12H19ClN2O2. The van der Waals surface area contributed by atoms with Gasteiger partial charge in [0.25, 0.3) is 5.91 Å². The minimum absolute atomic E-state index is 0.220. The Hall–Kier alpha value is -1.00. The highest BCUT2D eigenvalue weighted by molar-refractivity contribution is 6.31. The van der Waals surface area contributed by atoms with Crippen molar-refractivity contribution >= 4 is 17.5 Å². The standard InChI is InChI=1S/C12H19ClN2O2/c1-8(2)4-10(16)6-14-12(17)11-5-9(13)7-15(11)3/h5,7-8,10,16H,4,6H2,1-3H3,(H,14,17).